The average Bonchev–Trinajstić information content (AvgIpc) is 3.26. The molecule has 1 amide bonds. The first kappa shape index (κ1) is 16.2. The van der Waals surface area contributed by atoms with E-state index in [0.29, 0.717) is 11.4 Å². The highest BCUT2D eigenvalue weighted by atomic mass is 16.5. The van der Waals surface area contributed by atoms with Crippen molar-refractivity contribution in [1.29, 1.82) is 5.26 Å². The zero-order valence-electron chi connectivity index (χ0n) is 14.2. The Balaban J connectivity index is 1.45. The number of carbonyl (C=O) groups is 1. The van der Waals surface area contributed by atoms with Crippen molar-refractivity contribution in [2.45, 2.75) is 25.7 Å². The molecular formula is C21H18N2O3. The number of hydrogen-bond acceptors (Lipinski definition) is 4. The number of rotatable bonds is 5. The Kier molecular flexibility index (Phi) is 4.32. The molecule has 5 heteroatoms. The summed E-state index contributed by atoms with van der Waals surface area (Å²) in [5.74, 6) is 0.498. The van der Waals surface area contributed by atoms with Gasteiger partial charge in [-0.15, -0.1) is 0 Å². The summed E-state index contributed by atoms with van der Waals surface area (Å²) in [6.45, 7) is 0.00295. The van der Waals surface area contributed by atoms with Crippen LogP contribution >= 0.6 is 0 Å². The molecule has 0 saturated heterocycles. The fraction of sp³-hybridized carbons (Fsp3) is 0.238. The van der Waals surface area contributed by atoms with Crippen molar-refractivity contribution in [2.24, 2.45) is 0 Å². The molecule has 0 saturated carbocycles. The Morgan fingerprint density at radius 3 is 2.73 bits per heavy atom. The van der Waals surface area contributed by atoms with Gasteiger partial charge in [0, 0.05) is 16.6 Å². The van der Waals surface area contributed by atoms with E-state index in [1.54, 1.807) is 30.5 Å². The molecule has 0 fully saturated rings. The van der Waals surface area contributed by atoms with Gasteiger partial charge in [-0.2, -0.15) is 5.26 Å². The Morgan fingerprint density at radius 1 is 1.19 bits per heavy atom. The third kappa shape index (κ3) is 3.27. The van der Waals surface area contributed by atoms with Gasteiger partial charge in [-0.1, -0.05) is 0 Å². The van der Waals surface area contributed by atoms with Gasteiger partial charge in [0.1, 0.15) is 17.4 Å². The van der Waals surface area contributed by atoms with Crippen LogP contribution in [-0.2, 0) is 24.1 Å². The average molecular weight is 346 g/mol. The highest BCUT2D eigenvalue weighted by molar-refractivity contribution is 5.95. The van der Waals surface area contributed by atoms with Crippen LogP contribution in [0.4, 0.5) is 5.69 Å². The van der Waals surface area contributed by atoms with Gasteiger partial charge >= 0.3 is 0 Å². The summed E-state index contributed by atoms with van der Waals surface area (Å²) in [4.78, 5) is 12.4. The van der Waals surface area contributed by atoms with Crippen LogP contribution in [0.5, 0.6) is 5.75 Å². The van der Waals surface area contributed by atoms with Gasteiger partial charge in [0.05, 0.1) is 12.7 Å². The molecule has 0 atom stereocenters. The van der Waals surface area contributed by atoms with Crippen LogP contribution in [0.25, 0.3) is 11.0 Å². The number of benzene rings is 2. The third-order valence-corrected chi connectivity index (χ3v) is 4.66. The summed E-state index contributed by atoms with van der Waals surface area (Å²) in [6, 6.07) is 13.2. The third-order valence-electron chi connectivity index (χ3n) is 4.66. The number of amides is 1. The number of carbonyl (C=O) groups excluding carboxylic acids is 1. The molecule has 3 aromatic rings. The van der Waals surface area contributed by atoms with Gasteiger partial charge in [-0.05, 0) is 66.8 Å². The minimum Gasteiger partial charge on any atom is -0.479 e. The van der Waals surface area contributed by atoms with E-state index in [2.05, 4.69) is 17.4 Å². The second-order valence-corrected chi connectivity index (χ2v) is 6.43. The quantitative estimate of drug-likeness (QED) is 0.757. The SMILES string of the molecule is N#CCOc1ccc(NC(=O)Cc2coc3cc4c(cc23)CCC4)cc1. The molecule has 26 heavy (non-hydrogen) atoms. The summed E-state index contributed by atoms with van der Waals surface area (Å²) < 4.78 is 10.9. The molecule has 130 valence electrons. The van der Waals surface area contributed by atoms with E-state index in [-0.39, 0.29) is 18.9 Å². The molecule has 0 aliphatic heterocycles. The van der Waals surface area contributed by atoms with E-state index in [9.17, 15) is 4.79 Å². The monoisotopic (exact) mass is 346 g/mol. The maximum absolute atomic E-state index is 12.4. The van der Waals surface area contributed by atoms with Crippen molar-refractivity contribution in [3.63, 3.8) is 0 Å². The van der Waals surface area contributed by atoms with E-state index < -0.39 is 0 Å². The van der Waals surface area contributed by atoms with Crippen LogP contribution in [-0.4, -0.2) is 12.5 Å². The summed E-state index contributed by atoms with van der Waals surface area (Å²) >= 11 is 0. The predicted molar refractivity (Wildman–Crippen MR) is 98.1 cm³/mol. The van der Waals surface area contributed by atoms with Gasteiger partial charge in [-0.3, -0.25) is 4.79 Å². The Morgan fingerprint density at radius 2 is 1.96 bits per heavy atom. The van der Waals surface area contributed by atoms with E-state index in [1.807, 2.05) is 6.07 Å². The van der Waals surface area contributed by atoms with Gasteiger partial charge in [0.25, 0.3) is 0 Å². The zero-order chi connectivity index (χ0) is 17.9. The smallest absolute Gasteiger partial charge is 0.228 e. The number of nitrogens with one attached hydrogen (secondary N) is 1. The normalized spacial score (nSPS) is 12.6. The van der Waals surface area contributed by atoms with Gasteiger partial charge in [0.15, 0.2) is 6.61 Å². The Bertz CT molecular complexity index is 997. The fourth-order valence-electron chi connectivity index (χ4n) is 3.41. The maximum atomic E-state index is 12.4. The molecule has 1 aliphatic rings. The molecule has 4 rings (SSSR count). The fourth-order valence-corrected chi connectivity index (χ4v) is 3.41. The topological polar surface area (TPSA) is 75.3 Å². The van der Waals surface area contributed by atoms with Gasteiger partial charge < -0.3 is 14.5 Å². The second-order valence-electron chi connectivity index (χ2n) is 6.43. The Hall–Kier alpha value is -3.26. The number of ether oxygens (including phenoxy) is 1. The molecule has 0 radical (unpaired) electrons. The number of furan rings is 1. The lowest BCUT2D eigenvalue weighted by atomic mass is 10.0. The summed E-state index contributed by atoms with van der Waals surface area (Å²) in [5, 5.41) is 12.4. The first-order chi connectivity index (χ1) is 12.7. The largest absolute Gasteiger partial charge is 0.479 e. The van der Waals surface area contributed by atoms with Crippen molar-refractivity contribution in [1.82, 2.24) is 0 Å². The lowest BCUT2D eigenvalue weighted by Crippen LogP contribution is -2.14. The number of nitriles is 1. The molecular weight excluding hydrogens is 328 g/mol. The van der Waals surface area contributed by atoms with Crippen LogP contribution in [0.1, 0.15) is 23.1 Å². The first-order valence-electron chi connectivity index (χ1n) is 8.64. The minimum absolute atomic E-state index is 0.00295. The van der Waals surface area contributed by atoms with E-state index >= 15 is 0 Å². The number of aryl methyl sites for hydroxylation is 2. The predicted octanol–water partition coefficient (Wildman–Crippen LogP) is 4.01. The molecule has 1 aliphatic carbocycles. The number of fused-ring (bicyclic) bond motifs is 2. The minimum atomic E-state index is -0.0982. The van der Waals surface area contributed by atoms with Crippen LogP contribution in [0.15, 0.2) is 47.1 Å². The van der Waals surface area contributed by atoms with Gasteiger partial charge in [-0.25, -0.2) is 0 Å². The molecule has 0 unspecified atom stereocenters. The molecule has 1 heterocycles. The maximum Gasteiger partial charge on any atom is 0.228 e. The summed E-state index contributed by atoms with van der Waals surface area (Å²) in [6.07, 6.45) is 5.33. The molecule has 0 spiro atoms. The number of hydrogen-bond donors (Lipinski definition) is 1. The molecule has 5 nitrogen and oxygen atoms in total. The van der Waals surface area contributed by atoms with Crippen LogP contribution in [0.3, 0.4) is 0 Å². The number of nitrogens with zero attached hydrogens (tertiary/aromatic N) is 1. The second kappa shape index (κ2) is 6.93. The van der Waals surface area contributed by atoms with Crippen LogP contribution in [0.2, 0.25) is 0 Å². The highest BCUT2D eigenvalue weighted by Crippen LogP contribution is 2.30. The summed E-state index contributed by atoms with van der Waals surface area (Å²) in [7, 11) is 0. The van der Waals surface area contributed by atoms with Crippen molar-refractivity contribution >= 4 is 22.6 Å². The molecule has 2 aromatic carbocycles. The lowest BCUT2D eigenvalue weighted by Gasteiger charge is -2.06. The first-order valence-corrected chi connectivity index (χ1v) is 8.64. The Labute approximate surface area is 151 Å². The molecule has 1 aromatic heterocycles. The van der Waals surface area contributed by atoms with Crippen molar-refractivity contribution < 1.29 is 13.9 Å². The summed E-state index contributed by atoms with van der Waals surface area (Å²) in [5.41, 5.74) is 5.18. The van der Waals surface area contributed by atoms with E-state index in [1.165, 1.54) is 17.5 Å². The standard InChI is InChI=1S/C21H18N2O3/c22-8-9-25-18-6-4-17(5-7-18)23-21(24)12-16-13-26-20-11-15-3-1-2-14(15)10-19(16)20/h4-7,10-11,13H,1-3,9,12H2,(H,23,24). The zero-order valence-corrected chi connectivity index (χ0v) is 14.2. The van der Waals surface area contributed by atoms with Crippen molar-refractivity contribution in [3.8, 4) is 11.8 Å². The number of anilines is 1. The van der Waals surface area contributed by atoms with Crippen LogP contribution < -0.4 is 10.1 Å². The molecule has 0 bridgehead atoms. The van der Waals surface area contributed by atoms with Crippen LogP contribution in [0, 0.1) is 11.3 Å². The van der Waals surface area contributed by atoms with Crippen molar-refractivity contribution in [2.75, 3.05) is 11.9 Å². The van der Waals surface area contributed by atoms with E-state index in [4.69, 9.17) is 14.4 Å². The van der Waals surface area contributed by atoms with E-state index in [0.717, 1.165) is 29.4 Å². The van der Waals surface area contributed by atoms with Gasteiger partial charge in [0.2, 0.25) is 5.91 Å². The lowest BCUT2D eigenvalue weighted by molar-refractivity contribution is -0.115. The molecule has 1 N–H and O–H groups in total. The van der Waals surface area contributed by atoms with Crippen molar-refractivity contribution in [3.05, 3.63) is 59.4 Å². The highest BCUT2D eigenvalue weighted by Gasteiger charge is 2.16.